The number of fused-ring (bicyclic) bond motifs is 8. The van der Waals surface area contributed by atoms with Gasteiger partial charge in [-0.25, -0.2) is 0 Å². The number of aryl methyl sites for hydroxylation is 1. The highest BCUT2D eigenvalue weighted by Gasteiger charge is 2.26. The van der Waals surface area contributed by atoms with E-state index < -0.39 is 0 Å². The lowest BCUT2D eigenvalue weighted by Gasteiger charge is -2.30. The highest BCUT2D eigenvalue weighted by Crippen LogP contribution is 2.44. The van der Waals surface area contributed by atoms with E-state index in [0.717, 1.165) is 24.8 Å². The van der Waals surface area contributed by atoms with Gasteiger partial charge in [-0.2, -0.15) is 0 Å². The van der Waals surface area contributed by atoms with Crippen LogP contribution in [0.4, 0.5) is 0 Å². The quantitative estimate of drug-likeness (QED) is 0.411. The van der Waals surface area contributed by atoms with E-state index in [9.17, 15) is 0 Å². The molecular formula is C34H32N2. The monoisotopic (exact) mass is 468 g/mol. The Hall–Kier alpha value is -3.91. The molecule has 0 saturated heterocycles. The van der Waals surface area contributed by atoms with E-state index in [-0.39, 0.29) is 0 Å². The van der Waals surface area contributed by atoms with Crippen LogP contribution in [-0.4, -0.2) is 4.98 Å². The molecule has 3 heterocycles. The molecule has 0 amide bonds. The van der Waals surface area contributed by atoms with Gasteiger partial charge in [-0.1, -0.05) is 72.3 Å². The topological polar surface area (TPSA) is 24.9 Å². The van der Waals surface area contributed by atoms with Crippen molar-refractivity contribution in [2.45, 2.75) is 44.9 Å². The summed E-state index contributed by atoms with van der Waals surface area (Å²) in [5.74, 6) is 0.408. The number of benzene rings is 2. The van der Waals surface area contributed by atoms with Crippen LogP contribution in [0, 0.1) is 6.92 Å². The fraction of sp³-hybridized carbons (Fsp3) is 0.206. The number of pyridine rings is 1. The molecule has 2 aromatic carbocycles. The molecular weight excluding hydrogens is 436 g/mol. The van der Waals surface area contributed by atoms with Gasteiger partial charge in [-0.15, -0.1) is 0 Å². The van der Waals surface area contributed by atoms with Crippen LogP contribution in [0.25, 0.3) is 23.3 Å². The van der Waals surface area contributed by atoms with Gasteiger partial charge in [-0.3, -0.25) is 4.98 Å². The molecule has 2 bridgehead atoms. The van der Waals surface area contributed by atoms with Crippen LogP contribution in [0.5, 0.6) is 0 Å². The van der Waals surface area contributed by atoms with Gasteiger partial charge in [0.15, 0.2) is 0 Å². The molecule has 5 aliphatic rings. The van der Waals surface area contributed by atoms with Crippen LogP contribution in [0.1, 0.15) is 58.6 Å². The molecule has 0 saturated carbocycles. The average Bonchev–Trinajstić information content (AvgIpc) is 3.30. The second kappa shape index (κ2) is 9.99. The maximum Gasteiger partial charge on any atom is 0.0340 e. The molecule has 8 rings (SSSR count). The number of hydrogen-bond acceptors (Lipinski definition) is 2. The zero-order valence-electron chi connectivity index (χ0n) is 20.9. The molecule has 1 atom stereocenters. The Balaban J connectivity index is 0.000000223. The molecule has 3 aliphatic carbocycles. The van der Waals surface area contributed by atoms with Crippen molar-refractivity contribution < 1.29 is 0 Å². The molecule has 178 valence electrons. The number of nitrogens with one attached hydrogen (secondary N) is 1. The van der Waals surface area contributed by atoms with Crippen molar-refractivity contribution in [2.24, 2.45) is 0 Å². The molecule has 0 radical (unpaired) electrons. The largest absolute Gasteiger partial charge is 0.365 e. The molecule has 2 nitrogen and oxygen atoms in total. The van der Waals surface area contributed by atoms with Crippen LogP contribution >= 0.6 is 0 Å². The summed E-state index contributed by atoms with van der Waals surface area (Å²) in [6.07, 6.45) is 27.2. The minimum atomic E-state index is 0.408. The third-order valence-corrected chi connectivity index (χ3v) is 7.60. The van der Waals surface area contributed by atoms with Crippen LogP contribution in [0.3, 0.4) is 0 Å². The summed E-state index contributed by atoms with van der Waals surface area (Å²) in [6.45, 7) is 2.19. The van der Waals surface area contributed by atoms with E-state index in [4.69, 9.17) is 0 Å². The highest BCUT2D eigenvalue weighted by molar-refractivity contribution is 5.79. The number of aromatic nitrogens is 1. The molecule has 2 aliphatic heterocycles. The summed E-state index contributed by atoms with van der Waals surface area (Å²) >= 11 is 0. The van der Waals surface area contributed by atoms with Gasteiger partial charge < -0.3 is 5.32 Å². The third kappa shape index (κ3) is 4.64. The van der Waals surface area contributed by atoms with Crippen molar-refractivity contribution in [1.29, 1.82) is 0 Å². The zero-order chi connectivity index (χ0) is 24.3. The molecule has 0 spiro atoms. The van der Waals surface area contributed by atoms with Gasteiger partial charge in [-0.05, 0) is 102 Å². The average molecular weight is 469 g/mol. The molecule has 36 heavy (non-hydrogen) atoms. The van der Waals surface area contributed by atoms with Crippen LogP contribution in [0.15, 0.2) is 103 Å². The SMILES string of the molecule is C1=CC2=CC=C(CC2)N1.Cc1ccc2c(c1)-c1ccc3c(c1CC2/C=C\c1cccnc1)CCC=C3. The Kier molecular flexibility index (Phi) is 6.26. The van der Waals surface area contributed by atoms with Gasteiger partial charge >= 0.3 is 0 Å². The van der Waals surface area contributed by atoms with Gasteiger partial charge in [0.1, 0.15) is 0 Å². The van der Waals surface area contributed by atoms with E-state index in [2.05, 4.69) is 96.2 Å². The van der Waals surface area contributed by atoms with Crippen molar-refractivity contribution in [1.82, 2.24) is 10.3 Å². The van der Waals surface area contributed by atoms with Crippen molar-refractivity contribution in [3.63, 3.8) is 0 Å². The van der Waals surface area contributed by atoms with E-state index >= 15 is 0 Å². The summed E-state index contributed by atoms with van der Waals surface area (Å²) in [4.78, 5) is 4.24. The Morgan fingerprint density at radius 1 is 0.944 bits per heavy atom. The summed E-state index contributed by atoms with van der Waals surface area (Å²) in [5.41, 5.74) is 14.1. The Morgan fingerprint density at radius 2 is 1.92 bits per heavy atom. The number of hydrogen-bond donors (Lipinski definition) is 1. The van der Waals surface area contributed by atoms with E-state index in [0.29, 0.717) is 5.92 Å². The number of allylic oxidation sites excluding steroid dienone is 7. The predicted molar refractivity (Wildman–Crippen MR) is 151 cm³/mol. The van der Waals surface area contributed by atoms with Crippen molar-refractivity contribution >= 4 is 12.2 Å². The predicted octanol–water partition coefficient (Wildman–Crippen LogP) is 8.08. The minimum absolute atomic E-state index is 0.408. The maximum atomic E-state index is 4.24. The summed E-state index contributed by atoms with van der Waals surface area (Å²) in [6, 6.07) is 15.7. The van der Waals surface area contributed by atoms with Gasteiger partial charge in [0.05, 0.1) is 0 Å². The second-order valence-corrected chi connectivity index (χ2v) is 10.1. The second-order valence-electron chi connectivity index (χ2n) is 10.1. The normalized spacial score (nSPS) is 18.6. The Bertz CT molecular complexity index is 1430. The lowest BCUT2D eigenvalue weighted by atomic mass is 9.74. The first-order chi connectivity index (χ1) is 17.7. The lowest BCUT2D eigenvalue weighted by molar-refractivity contribution is 0.805. The minimum Gasteiger partial charge on any atom is -0.365 e. The van der Waals surface area contributed by atoms with E-state index in [1.54, 1.807) is 11.1 Å². The smallest absolute Gasteiger partial charge is 0.0340 e. The van der Waals surface area contributed by atoms with Gasteiger partial charge in [0.25, 0.3) is 0 Å². The molecule has 0 fully saturated rings. The lowest BCUT2D eigenvalue weighted by Crippen LogP contribution is -2.13. The molecule has 1 aromatic heterocycles. The van der Waals surface area contributed by atoms with Crippen LogP contribution in [0.2, 0.25) is 0 Å². The number of rotatable bonds is 2. The summed E-state index contributed by atoms with van der Waals surface area (Å²) in [7, 11) is 0. The van der Waals surface area contributed by atoms with E-state index in [1.807, 2.05) is 24.7 Å². The Labute approximate surface area is 214 Å². The van der Waals surface area contributed by atoms with Gasteiger partial charge in [0.2, 0.25) is 0 Å². The summed E-state index contributed by atoms with van der Waals surface area (Å²) in [5, 5.41) is 3.20. The summed E-state index contributed by atoms with van der Waals surface area (Å²) < 4.78 is 0. The number of nitrogens with zero attached hydrogens (tertiary/aromatic N) is 1. The van der Waals surface area contributed by atoms with Crippen molar-refractivity contribution in [2.75, 3.05) is 0 Å². The first-order valence-corrected chi connectivity index (χ1v) is 13.1. The van der Waals surface area contributed by atoms with Crippen LogP contribution < -0.4 is 5.32 Å². The molecule has 1 unspecified atom stereocenters. The molecule has 3 aromatic rings. The molecule has 2 heteroatoms. The maximum absolute atomic E-state index is 4.24. The Morgan fingerprint density at radius 3 is 2.78 bits per heavy atom. The standard InChI is InChI=1S/C26H23N.C8H9N/c1-18-8-12-23-21(10-9-19-5-4-14-27-17-19)16-26-22-7-3-2-6-20(22)11-13-24(26)25(23)15-18;1-3-8-4-2-7(1)5-6-9-8/h2,4-6,8-15,17,21H,3,7,16H2,1H3;1,3,5-6,9H,2,4H2/b10-9-;. The first-order valence-electron chi connectivity index (χ1n) is 13.1. The van der Waals surface area contributed by atoms with Crippen molar-refractivity contribution in [3.8, 4) is 11.1 Å². The third-order valence-electron chi connectivity index (χ3n) is 7.60. The highest BCUT2D eigenvalue weighted by atomic mass is 14.9. The van der Waals surface area contributed by atoms with Crippen molar-refractivity contribution in [3.05, 3.63) is 136 Å². The zero-order valence-corrected chi connectivity index (χ0v) is 20.9. The van der Waals surface area contributed by atoms with Gasteiger partial charge in [0, 0.05) is 30.2 Å². The fourth-order valence-electron chi connectivity index (χ4n) is 5.68. The fourth-order valence-corrected chi connectivity index (χ4v) is 5.68. The van der Waals surface area contributed by atoms with E-state index in [1.165, 1.54) is 51.9 Å². The van der Waals surface area contributed by atoms with Crippen LogP contribution in [-0.2, 0) is 12.8 Å². The first kappa shape index (κ1) is 22.5. The molecule has 1 N–H and O–H groups in total.